The van der Waals surface area contributed by atoms with Gasteiger partial charge in [0.05, 0.1) is 33.4 Å². The SMILES string of the molecule is CC(C)(C)c1cc(-c2ccccc2)c(N2c3cc(-n4c5ccccc5c5ccccc54)ccc3B3c4ccc(-n5c6ccc(C(C)(C)C)cc6c6cc(C(C)(C)C)ccc65)cc4N(c4c(-c5ccccc5)cc(C(C)(C)C)cc4-c4ccccc4)c4cc(-c5ccccc5)cc2c43)c(-c2ccccc2)c1. The van der Waals surface area contributed by atoms with Crippen LogP contribution in [0.3, 0.4) is 0 Å². The average molecular weight is 1360 g/mol. The predicted octanol–water partition coefficient (Wildman–Crippen LogP) is 25.5. The first-order valence-electron chi connectivity index (χ1n) is 37.4. The van der Waals surface area contributed by atoms with E-state index in [1.807, 2.05) is 0 Å². The summed E-state index contributed by atoms with van der Waals surface area (Å²) in [5.74, 6) is 0. The molecule has 14 aromatic carbocycles. The lowest BCUT2D eigenvalue weighted by molar-refractivity contribution is 0.590. The molecule has 0 spiro atoms. The van der Waals surface area contributed by atoms with Crippen molar-refractivity contribution < 1.29 is 0 Å². The van der Waals surface area contributed by atoms with Crippen molar-refractivity contribution >= 4 is 101 Å². The standard InChI is InChI=1S/C100H87BN4/c1-97(2,3)70-46-52-88-82(56-70)83-57-71(98(4,5)6)47-53-89(83)103(88)75-49-51-85-91(63-75)105(96-80(67-38-24-16-25-39-67)60-73(100(10,11)12)61-81(96)68-40-26-17-27-41-68)93-55-69(64-32-18-13-19-33-64)54-92-94(93)101(85)84-50-48-74(102-86-44-30-28-42-76(86)77-43-29-31-45-87(77)102)62-90(84)104(92)95-78(65-34-20-14-21-35-65)58-72(99(7,8)9)59-79(95)66-36-22-15-23-37-66/h13-63H,1-12H3. The molecule has 4 nitrogen and oxygen atoms in total. The molecule has 510 valence electrons. The zero-order valence-electron chi connectivity index (χ0n) is 62.3. The average Bonchev–Trinajstić information content (AvgIpc) is 0.975. The summed E-state index contributed by atoms with van der Waals surface area (Å²) in [6.07, 6.45) is 0. The number of anilines is 6. The topological polar surface area (TPSA) is 16.3 Å². The van der Waals surface area contributed by atoms with Crippen LogP contribution < -0.4 is 26.2 Å². The number of aromatic nitrogens is 2. The zero-order valence-corrected chi connectivity index (χ0v) is 62.3. The van der Waals surface area contributed by atoms with Crippen molar-refractivity contribution in [1.82, 2.24) is 9.13 Å². The summed E-state index contributed by atoms with van der Waals surface area (Å²) < 4.78 is 5.07. The molecule has 2 aliphatic rings. The van der Waals surface area contributed by atoms with Gasteiger partial charge in [0.2, 0.25) is 0 Å². The third kappa shape index (κ3) is 11.0. The highest BCUT2D eigenvalue weighted by Crippen LogP contribution is 2.56. The lowest BCUT2D eigenvalue weighted by atomic mass is 9.33. The molecule has 0 saturated heterocycles. The first kappa shape index (κ1) is 65.4. The second kappa shape index (κ2) is 24.5. The number of benzene rings is 14. The Hall–Kier alpha value is -11.7. The number of hydrogen-bond acceptors (Lipinski definition) is 2. The van der Waals surface area contributed by atoms with Crippen molar-refractivity contribution in [3.05, 3.63) is 332 Å². The molecular weight excluding hydrogens is 1270 g/mol. The Morgan fingerprint density at radius 1 is 0.229 bits per heavy atom. The van der Waals surface area contributed by atoms with Gasteiger partial charge in [-0.15, -0.1) is 0 Å². The summed E-state index contributed by atoms with van der Waals surface area (Å²) >= 11 is 0. The van der Waals surface area contributed by atoms with Gasteiger partial charge in [0.25, 0.3) is 6.71 Å². The van der Waals surface area contributed by atoms with E-state index in [4.69, 9.17) is 0 Å². The Morgan fingerprint density at radius 3 is 0.867 bits per heavy atom. The molecule has 5 heteroatoms. The van der Waals surface area contributed by atoms with Crippen molar-refractivity contribution in [3.63, 3.8) is 0 Å². The molecule has 0 saturated carbocycles. The van der Waals surface area contributed by atoms with Crippen molar-refractivity contribution in [2.75, 3.05) is 9.80 Å². The van der Waals surface area contributed by atoms with Gasteiger partial charge in [-0.1, -0.05) is 295 Å². The van der Waals surface area contributed by atoms with Crippen LogP contribution in [0.25, 0.3) is 111 Å². The Balaban J connectivity index is 1.04. The molecule has 4 heterocycles. The van der Waals surface area contributed by atoms with Crippen LogP contribution in [0.4, 0.5) is 34.1 Å². The fraction of sp³-hybridized carbons (Fsp3) is 0.160. The summed E-state index contributed by atoms with van der Waals surface area (Å²) in [6, 6.07) is 118. The number of rotatable bonds is 9. The van der Waals surface area contributed by atoms with Gasteiger partial charge in [0.1, 0.15) is 0 Å². The van der Waals surface area contributed by atoms with Gasteiger partial charge < -0.3 is 18.9 Å². The third-order valence-electron chi connectivity index (χ3n) is 22.5. The third-order valence-corrected chi connectivity index (χ3v) is 22.5. The quantitative estimate of drug-likeness (QED) is 0.134. The fourth-order valence-corrected chi connectivity index (χ4v) is 16.9. The van der Waals surface area contributed by atoms with Crippen LogP contribution in [0.1, 0.15) is 105 Å². The van der Waals surface area contributed by atoms with Crippen LogP contribution >= 0.6 is 0 Å². The molecule has 0 fully saturated rings. The van der Waals surface area contributed by atoms with Gasteiger partial charge in [-0.25, -0.2) is 0 Å². The van der Waals surface area contributed by atoms with Crippen molar-refractivity contribution in [2.45, 2.75) is 105 Å². The summed E-state index contributed by atoms with van der Waals surface area (Å²) in [6.45, 7) is 27.9. The minimum atomic E-state index is -0.260. The van der Waals surface area contributed by atoms with Gasteiger partial charge >= 0.3 is 0 Å². The van der Waals surface area contributed by atoms with Gasteiger partial charge in [-0.3, -0.25) is 0 Å². The van der Waals surface area contributed by atoms with Crippen LogP contribution in [0.15, 0.2) is 309 Å². The highest BCUT2D eigenvalue weighted by atomic mass is 15.2. The van der Waals surface area contributed by atoms with Crippen molar-refractivity contribution in [1.29, 1.82) is 0 Å². The number of para-hydroxylation sites is 2. The van der Waals surface area contributed by atoms with Gasteiger partial charge in [0.15, 0.2) is 0 Å². The summed E-state index contributed by atoms with van der Waals surface area (Å²) in [5.41, 5.74) is 33.5. The van der Waals surface area contributed by atoms with Crippen LogP contribution in [0, 0.1) is 0 Å². The molecule has 105 heavy (non-hydrogen) atoms. The van der Waals surface area contributed by atoms with E-state index in [-0.39, 0.29) is 28.4 Å². The molecule has 0 amide bonds. The van der Waals surface area contributed by atoms with Crippen LogP contribution in [-0.4, -0.2) is 15.8 Å². The number of fused-ring (bicyclic) bond motifs is 10. The molecule has 16 aromatic rings. The molecule has 18 rings (SSSR count). The maximum atomic E-state index is 2.73. The van der Waals surface area contributed by atoms with E-state index < -0.39 is 0 Å². The highest BCUT2D eigenvalue weighted by molar-refractivity contribution is 7.00. The van der Waals surface area contributed by atoms with Gasteiger partial charge in [-0.2, -0.15) is 0 Å². The number of nitrogens with zero attached hydrogens (tertiary/aromatic N) is 4. The van der Waals surface area contributed by atoms with Crippen LogP contribution in [-0.2, 0) is 21.7 Å². The van der Waals surface area contributed by atoms with Crippen LogP contribution in [0.2, 0.25) is 0 Å². The maximum absolute atomic E-state index is 2.73. The number of hydrogen-bond donors (Lipinski definition) is 0. The Bertz CT molecular complexity index is 5870. The lowest BCUT2D eigenvalue weighted by Gasteiger charge is -2.46. The monoisotopic (exact) mass is 1350 g/mol. The molecule has 0 radical (unpaired) electrons. The lowest BCUT2D eigenvalue weighted by Crippen LogP contribution is -2.61. The van der Waals surface area contributed by atoms with E-state index in [1.54, 1.807) is 0 Å². The summed E-state index contributed by atoms with van der Waals surface area (Å²) in [4.78, 5) is 5.45. The van der Waals surface area contributed by atoms with E-state index in [1.165, 1.54) is 82.3 Å². The summed E-state index contributed by atoms with van der Waals surface area (Å²) in [7, 11) is 0. The first-order valence-corrected chi connectivity index (χ1v) is 37.4. The normalized spacial score (nSPS) is 13.1. The smallest absolute Gasteiger partial charge is 0.252 e. The largest absolute Gasteiger partial charge is 0.310 e. The van der Waals surface area contributed by atoms with E-state index in [0.29, 0.717) is 0 Å². The minimum Gasteiger partial charge on any atom is -0.310 e. The fourth-order valence-electron chi connectivity index (χ4n) is 16.9. The Labute approximate surface area is 619 Å². The second-order valence-electron chi connectivity index (χ2n) is 33.4. The molecule has 0 atom stereocenters. The van der Waals surface area contributed by atoms with Gasteiger partial charge in [0, 0.05) is 77.9 Å². The predicted molar refractivity (Wildman–Crippen MR) is 451 cm³/mol. The van der Waals surface area contributed by atoms with Gasteiger partial charge in [-0.05, 0) is 191 Å². The molecule has 0 bridgehead atoms. The molecular formula is C100H87BN4. The minimum absolute atomic E-state index is 0.0604. The summed E-state index contributed by atoms with van der Waals surface area (Å²) in [5, 5.41) is 4.98. The molecule has 0 aliphatic carbocycles. The zero-order chi connectivity index (χ0) is 72.0. The van der Waals surface area contributed by atoms with E-state index in [2.05, 4.69) is 411 Å². The van der Waals surface area contributed by atoms with E-state index >= 15 is 0 Å². The molecule has 0 N–H and O–H groups in total. The highest BCUT2D eigenvalue weighted by Gasteiger charge is 2.46. The first-order chi connectivity index (χ1) is 50.6. The van der Waals surface area contributed by atoms with Crippen molar-refractivity contribution in [2.24, 2.45) is 0 Å². The maximum Gasteiger partial charge on any atom is 0.252 e. The Morgan fingerprint density at radius 2 is 0.533 bits per heavy atom. The van der Waals surface area contributed by atoms with E-state index in [9.17, 15) is 0 Å². The van der Waals surface area contributed by atoms with E-state index in [0.717, 1.165) is 101 Å². The molecule has 0 unspecified atom stereocenters. The Kier molecular flexibility index (Phi) is 15.3. The van der Waals surface area contributed by atoms with Crippen molar-refractivity contribution in [3.8, 4) is 67.0 Å². The molecule has 2 aromatic heterocycles. The van der Waals surface area contributed by atoms with Crippen LogP contribution in [0.5, 0.6) is 0 Å². The molecule has 2 aliphatic heterocycles. The second-order valence-corrected chi connectivity index (χ2v) is 33.4.